The van der Waals surface area contributed by atoms with Gasteiger partial charge in [-0.25, -0.2) is 0 Å². The molecule has 1 unspecified atom stereocenters. The van der Waals surface area contributed by atoms with Gasteiger partial charge in [0.05, 0.1) is 10.3 Å². The highest BCUT2D eigenvalue weighted by Crippen LogP contribution is 2.24. The number of nitro groups is 1. The molecule has 0 aromatic heterocycles. The number of benzene rings is 1. The molecule has 0 saturated carbocycles. The van der Waals surface area contributed by atoms with E-state index in [1.807, 2.05) is 0 Å². The van der Waals surface area contributed by atoms with Crippen LogP contribution in [0.4, 0.5) is 5.69 Å². The lowest BCUT2D eigenvalue weighted by Gasteiger charge is -2.05. The Balaban J connectivity index is 2.89. The van der Waals surface area contributed by atoms with Crippen molar-refractivity contribution >= 4 is 17.3 Å². The van der Waals surface area contributed by atoms with Crippen molar-refractivity contribution in [3.63, 3.8) is 0 Å². The molecule has 0 aliphatic carbocycles. The molecular weight excluding hydrogens is 220 g/mol. The highest BCUT2D eigenvalue weighted by Gasteiger charge is 2.11. The molecule has 0 radical (unpaired) electrons. The van der Waals surface area contributed by atoms with Gasteiger partial charge in [0.25, 0.3) is 5.69 Å². The van der Waals surface area contributed by atoms with Crippen LogP contribution in [0.2, 0.25) is 0 Å². The van der Waals surface area contributed by atoms with Crippen LogP contribution in [-0.2, 0) is 0 Å². The van der Waals surface area contributed by atoms with Gasteiger partial charge in [0, 0.05) is 23.6 Å². The van der Waals surface area contributed by atoms with Crippen LogP contribution in [0.1, 0.15) is 10.9 Å². The van der Waals surface area contributed by atoms with Gasteiger partial charge in [-0.2, -0.15) is 0 Å². The summed E-state index contributed by atoms with van der Waals surface area (Å²) in [5.74, 6) is 0. The van der Waals surface area contributed by atoms with Crippen molar-refractivity contribution in [3.05, 3.63) is 50.4 Å². The molecule has 7 heteroatoms. The molecule has 0 N–H and O–H groups in total. The van der Waals surface area contributed by atoms with E-state index in [2.05, 4.69) is 10.0 Å². The lowest BCUT2D eigenvalue weighted by atomic mass is 10.1. The van der Waals surface area contributed by atoms with Crippen LogP contribution >= 0.6 is 11.6 Å². The lowest BCUT2D eigenvalue weighted by Crippen LogP contribution is -1.96. The van der Waals surface area contributed by atoms with Crippen LogP contribution in [0.15, 0.2) is 29.4 Å². The first kappa shape index (κ1) is 11.3. The monoisotopic (exact) mass is 226 g/mol. The van der Waals surface area contributed by atoms with E-state index in [9.17, 15) is 10.1 Å². The standard InChI is InChI=1S/C8H7ClN4O2/c9-8(5-11-12-10)6-2-1-3-7(4-6)13(14)15/h1-4,8H,5H2. The predicted octanol–water partition coefficient (Wildman–Crippen LogP) is 3.19. The highest BCUT2D eigenvalue weighted by atomic mass is 35.5. The molecule has 1 rings (SSSR count). The normalized spacial score (nSPS) is 11.5. The molecule has 0 spiro atoms. The van der Waals surface area contributed by atoms with Crippen molar-refractivity contribution in [2.45, 2.75) is 5.38 Å². The number of hydrogen-bond acceptors (Lipinski definition) is 3. The molecule has 0 bridgehead atoms. The fraction of sp³-hybridized carbons (Fsp3) is 0.250. The minimum Gasteiger partial charge on any atom is -0.258 e. The van der Waals surface area contributed by atoms with Gasteiger partial charge in [0.15, 0.2) is 0 Å². The molecule has 15 heavy (non-hydrogen) atoms. The first-order valence-corrected chi connectivity index (χ1v) is 4.48. The zero-order chi connectivity index (χ0) is 11.3. The van der Waals surface area contributed by atoms with E-state index in [1.165, 1.54) is 12.1 Å². The summed E-state index contributed by atoms with van der Waals surface area (Å²) in [6.07, 6.45) is 0. The zero-order valence-electron chi connectivity index (χ0n) is 7.58. The van der Waals surface area contributed by atoms with Crippen molar-refractivity contribution in [3.8, 4) is 0 Å². The molecule has 0 fully saturated rings. The van der Waals surface area contributed by atoms with Crippen LogP contribution in [0.5, 0.6) is 0 Å². The lowest BCUT2D eigenvalue weighted by molar-refractivity contribution is -0.384. The van der Waals surface area contributed by atoms with Crippen LogP contribution in [0, 0.1) is 10.1 Å². The first-order valence-electron chi connectivity index (χ1n) is 4.04. The molecule has 0 aliphatic rings. The zero-order valence-corrected chi connectivity index (χ0v) is 8.33. The number of alkyl halides is 1. The molecule has 0 heterocycles. The van der Waals surface area contributed by atoms with Crippen molar-refractivity contribution < 1.29 is 4.92 Å². The third kappa shape index (κ3) is 3.12. The number of halogens is 1. The molecule has 78 valence electrons. The summed E-state index contributed by atoms with van der Waals surface area (Å²) in [6, 6.07) is 5.93. The second-order valence-corrected chi connectivity index (χ2v) is 3.26. The third-order valence-corrected chi connectivity index (χ3v) is 2.14. The molecule has 6 nitrogen and oxygen atoms in total. The molecule has 1 atom stereocenters. The minimum atomic E-state index is -0.541. The van der Waals surface area contributed by atoms with Gasteiger partial charge in [0.2, 0.25) is 0 Å². The van der Waals surface area contributed by atoms with Gasteiger partial charge < -0.3 is 0 Å². The van der Waals surface area contributed by atoms with E-state index in [1.54, 1.807) is 12.1 Å². The molecular formula is C8H7ClN4O2. The summed E-state index contributed by atoms with van der Waals surface area (Å²) >= 11 is 5.87. The SMILES string of the molecule is [N-]=[N+]=NCC(Cl)c1cccc([N+](=O)[O-])c1. The van der Waals surface area contributed by atoms with E-state index >= 15 is 0 Å². The second-order valence-electron chi connectivity index (χ2n) is 2.73. The molecule has 0 saturated heterocycles. The summed E-state index contributed by atoms with van der Waals surface area (Å²) < 4.78 is 0. The Kier molecular flexibility index (Phi) is 3.91. The average Bonchev–Trinajstić information content (AvgIpc) is 2.26. The fourth-order valence-electron chi connectivity index (χ4n) is 1.05. The summed E-state index contributed by atoms with van der Waals surface area (Å²) in [4.78, 5) is 12.5. The number of hydrogen-bond donors (Lipinski definition) is 0. The highest BCUT2D eigenvalue weighted by molar-refractivity contribution is 6.21. The molecule has 0 amide bonds. The first-order chi connectivity index (χ1) is 7.15. The van der Waals surface area contributed by atoms with Crippen LogP contribution < -0.4 is 0 Å². The summed E-state index contributed by atoms with van der Waals surface area (Å²) in [5.41, 5.74) is 8.64. The Morgan fingerprint density at radius 3 is 3.00 bits per heavy atom. The van der Waals surface area contributed by atoms with Crippen LogP contribution in [0.25, 0.3) is 10.4 Å². The average molecular weight is 227 g/mol. The minimum absolute atomic E-state index is 0.0286. The van der Waals surface area contributed by atoms with E-state index in [4.69, 9.17) is 17.1 Å². The Labute approximate surface area is 90.3 Å². The predicted molar refractivity (Wildman–Crippen MR) is 55.7 cm³/mol. The van der Waals surface area contributed by atoms with Crippen LogP contribution in [-0.4, -0.2) is 11.5 Å². The topological polar surface area (TPSA) is 91.9 Å². The van der Waals surface area contributed by atoms with E-state index in [0.29, 0.717) is 5.56 Å². The van der Waals surface area contributed by atoms with Gasteiger partial charge >= 0.3 is 0 Å². The summed E-state index contributed by atoms with van der Waals surface area (Å²) in [7, 11) is 0. The largest absolute Gasteiger partial charge is 0.269 e. The van der Waals surface area contributed by atoms with Gasteiger partial charge in [-0.05, 0) is 11.1 Å². The van der Waals surface area contributed by atoms with Gasteiger partial charge in [-0.15, -0.1) is 11.6 Å². The smallest absolute Gasteiger partial charge is 0.258 e. The van der Waals surface area contributed by atoms with E-state index < -0.39 is 10.3 Å². The summed E-state index contributed by atoms with van der Waals surface area (Å²) in [6.45, 7) is 0.0687. The van der Waals surface area contributed by atoms with Gasteiger partial charge in [0.1, 0.15) is 0 Å². The Bertz CT molecular complexity index is 417. The number of rotatable bonds is 4. The maximum Gasteiger partial charge on any atom is 0.269 e. The van der Waals surface area contributed by atoms with Crippen molar-refractivity contribution in [1.29, 1.82) is 0 Å². The Morgan fingerprint density at radius 2 is 2.40 bits per heavy atom. The second kappa shape index (κ2) is 5.19. The quantitative estimate of drug-likeness (QED) is 0.197. The maximum atomic E-state index is 10.5. The van der Waals surface area contributed by atoms with E-state index in [0.717, 1.165) is 0 Å². The number of azide groups is 1. The fourth-order valence-corrected chi connectivity index (χ4v) is 1.24. The van der Waals surface area contributed by atoms with Crippen molar-refractivity contribution in [2.24, 2.45) is 5.11 Å². The molecule has 1 aromatic rings. The number of nitrogens with zero attached hydrogens (tertiary/aromatic N) is 4. The molecule has 1 aromatic carbocycles. The van der Waals surface area contributed by atoms with Gasteiger partial charge in [-0.3, -0.25) is 10.1 Å². The van der Waals surface area contributed by atoms with E-state index in [-0.39, 0.29) is 12.2 Å². The van der Waals surface area contributed by atoms with Crippen molar-refractivity contribution in [1.82, 2.24) is 0 Å². The van der Waals surface area contributed by atoms with Gasteiger partial charge in [-0.1, -0.05) is 17.2 Å². The van der Waals surface area contributed by atoms with Crippen molar-refractivity contribution in [2.75, 3.05) is 6.54 Å². The van der Waals surface area contributed by atoms with Crippen LogP contribution in [0.3, 0.4) is 0 Å². The number of nitro benzene ring substituents is 1. The Hall–Kier alpha value is -1.78. The molecule has 0 aliphatic heterocycles. The third-order valence-electron chi connectivity index (χ3n) is 1.75. The summed E-state index contributed by atoms with van der Waals surface area (Å²) in [5, 5.41) is 13.2. The Morgan fingerprint density at radius 1 is 1.67 bits per heavy atom. The number of non-ortho nitro benzene ring substituents is 1. The maximum absolute atomic E-state index is 10.5.